The third-order valence-corrected chi connectivity index (χ3v) is 2.46. The summed E-state index contributed by atoms with van der Waals surface area (Å²) in [7, 11) is 1.57. The van der Waals surface area contributed by atoms with Crippen LogP contribution in [0.25, 0.3) is 0 Å². The van der Waals surface area contributed by atoms with Crippen molar-refractivity contribution < 1.29 is 22.7 Å². The van der Waals surface area contributed by atoms with E-state index >= 15 is 0 Å². The highest BCUT2D eigenvalue weighted by Crippen LogP contribution is 2.33. The van der Waals surface area contributed by atoms with Crippen LogP contribution in [0, 0.1) is 5.82 Å². The van der Waals surface area contributed by atoms with Gasteiger partial charge in [-0.15, -0.1) is 0 Å². The standard InChI is InChI=1S/C11H13F4NO/c1-16-10(4-5-17)7-2-3-9(12)8(6-7)11(13,14)15/h2-3,6,10,16-17H,4-5H2,1H3. The number of alkyl halides is 3. The minimum Gasteiger partial charge on any atom is -0.396 e. The number of benzene rings is 1. The summed E-state index contributed by atoms with van der Waals surface area (Å²) in [5.74, 6) is -1.29. The number of hydrogen-bond donors (Lipinski definition) is 2. The normalized spacial score (nSPS) is 13.8. The molecule has 17 heavy (non-hydrogen) atoms. The predicted molar refractivity (Wildman–Crippen MR) is 54.9 cm³/mol. The van der Waals surface area contributed by atoms with Crippen LogP contribution >= 0.6 is 0 Å². The summed E-state index contributed by atoms with van der Waals surface area (Å²) in [6, 6.07) is 2.41. The van der Waals surface area contributed by atoms with E-state index in [9.17, 15) is 17.6 Å². The third kappa shape index (κ3) is 3.41. The van der Waals surface area contributed by atoms with E-state index in [1.54, 1.807) is 7.05 Å². The number of aliphatic hydroxyl groups is 1. The van der Waals surface area contributed by atoms with Gasteiger partial charge in [-0.25, -0.2) is 4.39 Å². The Bertz CT molecular complexity index is 378. The summed E-state index contributed by atoms with van der Waals surface area (Å²) in [6.07, 6.45) is -4.45. The van der Waals surface area contributed by atoms with Crippen molar-refractivity contribution in [2.45, 2.75) is 18.6 Å². The molecule has 0 heterocycles. The molecular formula is C11H13F4NO. The molecular weight excluding hydrogens is 238 g/mol. The Hall–Kier alpha value is -1.14. The van der Waals surface area contributed by atoms with Crippen LogP contribution in [0.15, 0.2) is 18.2 Å². The van der Waals surface area contributed by atoms with Crippen molar-refractivity contribution in [2.24, 2.45) is 0 Å². The zero-order valence-corrected chi connectivity index (χ0v) is 9.18. The van der Waals surface area contributed by atoms with Crippen molar-refractivity contribution in [3.05, 3.63) is 35.1 Å². The molecule has 0 saturated heterocycles. The van der Waals surface area contributed by atoms with Crippen molar-refractivity contribution in [1.29, 1.82) is 0 Å². The molecule has 0 spiro atoms. The highest BCUT2D eigenvalue weighted by atomic mass is 19.4. The van der Waals surface area contributed by atoms with Crippen molar-refractivity contribution in [1.82, 2.24) is 5.32 Å². The topological polar surface area (TPSA) is 32.3 Å². The number of rotatable bonds is 4. The molecule has 96 valence electrons. The van der Waals surface area contributed by atoms with Gasteiger partial charge in [0.05, 0.1) is 5.56 Å². The lowest BCUT2D eigenvalue weighted by Gasteiger charge is -2.17. The fourth-order valence-corrected chi connectivity index (χ4v) is 1.58. The molecule has 1 unspecified atom stereocenters. The van der Waals surface area contributed by atoms with E-state index in [0.29, 0.717) is 5.56 Å². The molecule has 0 fully saturated rings. The maximum Gasteiger partial charge on any atom is 0.419 e. The zero-order chi connectivity index (χ0) is 13.1. The Labute approximate surface area is 96.3 Å². The largest absolute Gasteiger partial charge is 0.419 e. The number of halogens is 4. The van der Waals surface area contributed by atoms with Gasteiger partial charge in [0.1, 0.15) is 5.82 Å². The highest BCUT2D eigenvalue weighted by Gasteiger charge is 2.34. The van der Waals surface area contributed by atoms with Gasteiger partial charge in [0.25, 0.3) is 0 Å². The maximum absolute atomic E-state index is 13.0. The Morgan fingerprint density at radius 2 is 2.00 bits per heavy atom. The van der Waals surface area contributed by atoms with E-state index in [1.165, 1.54) is 6.07 Å². The SMILES string of the molecule is CNC(CCO)c1ccc(F)c(C(F)(F)F)c1. The van der Waals surface area contributed by atoms with Crippen LogP contribution in [-0.4, -0.2) is 18.8 Å². The lowest BCUT2D eigenvalue weighted by Crippen LogP contribution is -2.19. The van der Waals surface area contributed by atoms with E-state index in [0.717, 1.165) is 12.1 Å². The highest BCUT2D eigenvalue weighted by molar-refractivity contribution is 5.29. The summed E-state index contributed by atoms with van der Waals surface area (Å²) in [5.41, 5.74) is -0.983. The van der Waals surface area contributed by atoms with Gasteiger partial charge in [-0.3, -0.25) is 0 Å². The molecule has 0 aliphatic carbocycles. The molecule has 0 aliphatic heterocycles. The predicted octanol–water partition coefficient (Wildman–Crippen LogP) is 2.49. The zero-order valence-electron chi connectivity index (χ0n) is 9.18. The van der Waals surface area contributed by atoms with E-state index in [1.807, 2.05) is 0 Å². The van der Waals surface area contributed by atoms with Gasteiger partial charge in [-0.05, 0) is 31.2 Å². The quantitative estimate of drug-likeness (QED) is 0.806. The van der Waals surface area contributed by atoms with Gasteiger partial charge in [-0.1, -0.05) is 6.07 Å². The van der Waals surface area contributed by atoms with Crippen LogP contribution in [0.3, 0.4) is 0 Å². The summed E-state index contributed by atoms with van der Waals surface area (Å²) in [4.78, 5) is 0. The average molecular weight is 251 g/mol. The second-order valence-electron chi connectivity index (χ2n) is 3.59. The van der Waals surface area contributed by atoms with Crippen LogP contribution in [0.2, 0.25) is 0 Å². The van der Waals surface area contributed by atoms with Gasteiger partial charge in [0.2, 0.25) is 0 Å². The molecule has 1 rings (SSSR count). The Morgan fingerprint density at radius 3 is 2.47 bits per heavy atom. The van der Waals surface area contributed by atoms with E-state index < -0.39 is 23.6 Å². The van der Waals surface area contributed by atoms with Crippen LogP contribution in [-0.2, 0) is 6.18 Å². The second-order valence-corrected chi connectivity index (χ2v) is 3.59. The molecule has 0 aromatic heterocycles. The summed E-state index contributed by atoms with van der Waals surface area (Å²) >= 11 is 0. The van der Waals surface area contributed by atoms with Crippen molar-refractivity contribution in [3.8, 4) is 0 Å². The lowest BCUT2D eigenvalue weighted by molar-refractivity contribution is -0.140. The van der Waals surface area contributed by atoms with E-state index in [4.69, 9.17) is 5.11 Å². The second kappa shape index (κ2) is 5.46. The molecule has 1 aromatic carbocycles. The Balaban J connectivity index is 3.11. The van der Waals surface area contributed by atoms with Gasteiger partial charge < -0.3 is 10.4 Å². The summed E-state index contributed by atoms with van der Waals surface area (Å²) < 4.78 is 50.4. The first-order valence-corrected chi connectivity index (χ1v) is 5.05. The Morgan fingerprint density at radius 1 is 1.35 bits per heavy atom. The number of aliphatic hydroxyl groups excluding tert-OH is 1. The van der Waals surface area contributed by atoms with Crippen LogP contribution in [0.5, 0.6) is 0 Å². The molecule has 0 aliphatic rings. The van der Waals surface area contributed by atoms with Crippen molar-refractivity contribution >= 4 is 0 Å². The van der Waals surface area contributed by atoms with Gasteiger partial charge in [-0.2, -0.15) is 13.2 Å². The molecule has 1 atom stereocenters. The van der Waals surface area contributed by atoms with Crippen molar-refractivity contribution in [3.63, 3.8) is 0 Å². The summed E-state index contributed by atoms with van der Waals surface area (Å²) in [5, 5.41) is 11.5. The number of hydrogen-bond acceptors (Lipinski definition) is 2. The lowest BCUT2D eigenvalue weighted by atomic mass is 10.0. The summed E-state index contributed by atoms with van der Waals surface area (Å²) in [6.45, 7) is -0.162. The molecule has 0 bridgehead atoms. The molecule has 2 N–H and O–H groups in total. The molecule has 2 nitrogen and oxygen atoms in total. The molecule has 1 aromatic rings. The fourth-order valence-electron chi connectivity index (χ4n) is 1.58. The van der Waals surface area contributed by atoms with Gasteiger partial charge in [0, 0.05) is 12.6 Å². The smallest absolute Gasteiger partial charge is 0.396 e. The minimum atomic E-state index is -4.71. The van der Waals surface area contributed by atoms with Crippen LogP contribution in [0.1, 0.15) is 23.6 Å². The first-order valence-electron chi connectivity index (χ1n) is 5.05. The third-order valence-electron chi connectivity index (χ3n) is 2.46. The van der Waals surface area contributed by atoms with Gasteiger partial charge >= 0.3 is 6.18 Å². The Kier molecular flexibility index (Phi) is 4.47. The number of nitrogens with one attached hydrogen (secondary N) is 1. The van der Waals surface area contributed by atoms with Crippen LogP contribution < -0.4 is 5.32 Å². The fraction of sp³-hybridized carbons (Fsp3) is 0.455. The molecule has 0 radical (unpaired) electrons. The van der Waals surface area contributed by atoms with Gasteiger partial charge in [0.15, 0.2) is 0 Å². The van der Waals surface area contributed by atoms with E-state index in [2.05, 4.69) is 5.32 Å². The molecule has 0 saturated carbocycles. The van der Waals surface area contributed by atoms with Crippen molar-refractivity contribution in [2.75, 3.05) is 13.7 Å². The minimum absolute atomic E-state index is 0.162. The van der Waals surface area contributed by atoms with Crippen LogP contribution in [0.4, 0.5) is 17.6 Å². The molecule has 6 heteroatoms. The first-order chi connectivity index (χ1) is 7.90. The first kappa shape index (κ1) is 13.9. The van der Waals surface area contributed by atoms with E-state index in [-0.39, 0.29) is 13.0 Å². The maximum atomic E-state index is 13.0. The monoisotopic (exact) mass is 251 g/mol. The average Bonchev–Trinajstić information content (AvgIpc) is 2.25. The molecule has 0 amide bonds.